The van der Waals surface area contributed by atoms with E-state index in [1.165, 1.54) is 0 Å². The van der Waals surface area contributed by atoms with Gasteiger partial charge in [-0.15, -0.1) is 29.3 Å². The number of aromatic hydroxyl groups is 1. The van der Waals surface area contributed by atoms with Gasteiger partial charge < -0.3 is 5.11 Å². The second kappa shape index (κ2) is 18.7. The zero-order valence-corrected chi connectivity index (χ0v) is 40.6. The largest absolute Gasteiger partial charge is 0.507 e. The van der Waals surface area contributed by atoms with Gasteiger partial charge in [0, 0.05) is 50.8 Å². The Morgan fingerprint density at radius 2 is 1.45 bits per heavy atom. The van der Waals surface area contributed by atoms with Crippen LogP contribution in [0.5, 0.6) is 5.75 Å². The Balaban J connectivity index is 0.00000924. The van der Waals surface area contributed by atoms with Gasteiger partial charge in [-0.1, -0.05) is 179 Å². The number of hydrogen-bond acceptors (Lipinski definition) is 3. The molecule has 1 N–H and O–H groups in total. The first-order chi connectivity index (χ1) is 36.6. The van der Waals surface area contributed by atoms with Crippen molar-refractivity contribution in [3.05, 3.63) is 167 Å². The van der Waals surface area contributed by atoms with Crippen LogP contribution in [0, 0.1) is 12.0 Å². The van der Waals surface area contributed by atoms with E-state index >= 15 is 0 Å². The molecule has 0 unspecified atom stereocenters. The summed E-state index contributed by atoms with van der Waals surface area (Å²) in [5.74, 6) is 1.07. The summed E-state index contributed by atoms with van der Waals surface area (Å²) < 4.78 is 131. The normalized spacial score (nSPS) is 16.0. The van der Waals surface area contributed by atoms with Crippen LogP contribution in [0.4, 0.5) is 0 Å². The van der Waals surface area contributed by atoms with Crippen molar-refractivity contribution in [3.63, 3.8) is 0 Å². The summed E-state index contributed by atoms with van der Waals surface area (Å²) >= 11 is 0. The topological polar surface area (TPSA) is 50.9 Å². The van der Waals surface area contributed by atoms with Crippen LogP contribution in [0.2, 0.25) is 0 Å². The summed E-state index contributed by atoms with van der Waals surface area (Å²) in [5.41, 5.74) is 2.92. The van der Waals surface area contributed by atoms with Gasteiger partial charge in [0.2, 0.25) is 0 Å². The fourth-order valence-electron chi connectivity index (χ4n) is 8.13. The molecule has 5 heteroatoms. The Morgan fingerprint density at radius 1 is 0.692 bits per heavy atom. The molecule has 8 rings (SSSR count). The predicted octanol–water partition coefficient (Wildman–Crippen LogP) is 16.3. The van der Waals surface area contributed by atoms with E-state index in [1.807, 2.05) is 83.1 Å². The Hall–Kier alpha value is -5.57. The fourth-order valence-corrected chi connectivity index (χ4v) is 8.13. The Labute approximate surface area is 423 Å². The first-order valence-electron chi connectivity index (χ1n) is 29.4. The molecule has 0 aliphatic carbocycles. The van der Waals surface area contributed by atoms with Gasteiger partial charge in [0.05, 0.1) is 30.5 Å². The number of para-hydroxylation sites is 1. The van der Waals surface area contributed by atoms with Crippen LogP contribution in [0.15, 0.2) is 133 Å². The number of nitrogens with zero attached hydrogens (tertiary/aromatic N) is 3. The van der Waals surface area contributed by atoms with Gasteiger partial charge in [-0.25, -0.2) is 4.98 Å². The van der Waals surface area contributed by atoms with Crippen LogP contribution in [-0.4, -0.2) is 19.6 Å². The molecule has 2 heterocycles. The number of rotatable bonds is 10. The number of benzene rings is 6. The number of pyridine rings is 1. The minimum absolute atomic E-state index is 0. The second-order valence-electron chi connectivity index (χ2n) is 18.8. The van der Waals surface area contributed by atoms with Gasteiger partial charge in [-0.2, -0.15) is 0 Å². The monoisotopic (exact) mass is 1050 g/mol. The van der Waals surface area contributed by atoms with Crippen molar-refractivity contribution in [2.24, 2.45) is 5.92 Å². The van der Waals surface area contributed by atoms with Crippen LogP contribution in [0.3, 0.4) is 0 Å². The van der Waals surface area contributed by atoms with Crippen LogP contribution >= 0.6 is 0 Å². The number of aromatic nitrogens is 3. The number of phenols is 1. The van der Waals surface area contributed by atoms with Crippen molar-refractivity contribution in [2.45, 2.75) is 112 Å². The van der Waals surface area contributed by atoms with Crippen molar-refractivity contribution in [1.29, 1.82) is 0 Å². The molecule has 0 saturated heterocycles. The third-order valence-electron chi connectivity index (χ3n) is 11.6. The number of hydrogen-bond donors (Lipinski definition) is 1. The van der Waals surface area contributed by atoms with Crippen LogP contribution in [0.1, 0.15) is 143 Å². The van der Waals surface area contributed by atoms with Gasteiger partial charge in [0.15, 0.2) is 0 Å². The minimum Gasteiger partial charge on any atom is -0.507 e. The molecule has 8 aromatic rings. The Bertz CT molecular complexity index is 3630. The first-order valence-corrected chi connectivity index (χ1v) is 21.9. The predicted molar refractivity (Wildman–Crippen MR) is 271 cm³/mol. The summed E-state index contributed by atoms with van der Waals surface area (Å²) in [6.45, 7) is 7.15. The molecule has 0 spiro atoms. The molecular formula is C60H64N3OPt-. The maximum Gasteiger partial charge on any atom is 0.148 e. The second-order valence-corrected chi connectivity index (χ2v) is 18.8. The Morgan fingerprint density at radius 3 is 2.14 bits per heavy atom. The maximum atomic E-state index is 12.4. The molecule has 0 atom stereocenters. The quantitative estimate of drug-likeness (QED) is 0.139. The van der Waals surface area contributed by atoms with Crippen LogP contribution < -0.4 is 0 Å². The minimum atomic E-state index is -3.83. The molecule has 2 aromatic heterocycles. The van der Waals surface area contributed by atoms with E-state index in [-0.39, 0.29) is 49.9 Å². The van der Waals surface area contributed by atoms with Gasteiger partial charge in [0.1, 0.15) is 11.6 Å². The van der Waals surface area contributed by atoms with Gasteiger partial charge >= 0.3 is 0 Å². The van der Waals surface area contributed by atoms with E-state index in [1.54, 1.807) is 6.07 Å². The summed E-state index contributed by atoms with van der Waals surface area (Å²) in [7, 11) is 0. The van der Waals surface area contributed by atoms with Gasteiger partial charge in [-0.05, 0) is 104 Å². The number of phenolic OH excluding ortho intramolecular Hbond substituents is 1. The van der Waals surface area contributed by atoms with E-state index in [0.717, 1.165) is 51.6 Å². The van der Waals surface area contributed by atoms with E-state index in [2.05, 4.69) is 79.7 Å². The average Bonchev–Trinajstić information content (AvgIpc) is 3.74. The third-order valence-corrected chi connectivity index (χ3v) is 11.6. The molecule has 65 heavy (non-hydrogen) atoms. The molecule has 0 saturated carbocycles. The molecule has 0 amide bonds. The third kappa shape index (κ3) is 9.85. The number of fused-ring (bicyclic) bond motifs is 1. The number of imidazole rings is 1. The van der Waals surface area contributed by atoms with E-state index in [9.17, 15) is 6.48 Å². The molecular weight excluding hydrogens is 974 g/mol. The molecule has 0 aliphatic heterocycles. The standard InChI is InChI=1S/C60H64N3O.Pt/c1-37(2)29-40-21-26-54(51(30-40)42-17-14-13-15-18-42)63-55-20-16-19-49(56(55)62-58(63)52-35-44(38(3)4)34-50(39(5)6)57(52)64)45-31-46(33-48(32-45)60(10,11)12)53-36-43(27-28-61-53)41-22-24-47(25-23-41)59(7,8)9;/h13-28,30,32-39,64H,29H2,1-12H3;/q-1;/i7D3,8D3,9D3,22D,24D,25D,27D,28D,36D;. The van der Waals surface area contributed by atoms with Crippen molar-refractivity contribution in [1.82, 2.24) is 14.5 Å². The molecule has 6 aromatic carbocycles. The first kappa shape index (κ1) is 31.4. The SMILES string of the molecule is [2H]c1cc(-c2c([2H])c([2H])nc(-c3[c-]c(-c4cccc5c4nc(-c4cc(C(C)C)cc(C(C)C)c4O)n5-c4ccc(CC(C)C)cc4-c4ccccc4)cc(C(C)(C)C)c3)c2[2H])c([2H])c([2H])c1C(C([2H])([2H])[2H])(C([2H])([2H])[2H])C([2H])([2H])[2H].[Pt]. The van der Waals surface area contributed by atoms with Crippen molar-refractivity contribution in [3.8, 4) is 67.5 Å². The van der Waals surface area contributed by atoms with Crippen LogP contribution in [-0.2, 0) is 38.3 Å². The molecule has 0 radical (unpaired) electrons. The summed E-state index contributed by atoms with van der Waals surface area (Å²) in [6.07, 6.45) is 0.186. The molecule has 0 aliphatic rings. The van der Waals surface area contributed by atoms with E-state index < -0.39 is 84.5 Å². The van der Waals surface area contributed by atoms with Gasteiger partial charge in [0.25, 0.3) is 0 Å². The van der Waals surface area contributed by atoms with Crippen molar-refractivity contribution < 1.29 is 46.7 Å². The van der Waals surface area contributed by atoms with E-state index in [0.29, 0.717) is 39.5 Å². The summed E-state index contributed by atoms with van der Waals surface area (Å²) in [6, 6.07) is 30.0. The average molecular weight is 1050 g/mol. The molecule has 0 bridgehead atoms. The van der Waals surface area contributed by atoms with Crippen LogP contribution in [0.25, 0.3) is 72.7 Å². The maximum absolute atomic E-state index is 12.4. The molecule has 336 valence electrons. The Kier molecular flexibility index (Phi) is 9.04. The zero-order chi connectivity index (χ0) is 58.4. The summed E-state index contributed by atoms with van der Waals surface area (Å²) in [5, 5.41) is 12.4. The fraction of sp³-hybridized carbons (Fsp3) is 0.300. The van der Waals surface area contributed by atoms with Gasteiger partial charge in [-0.3, -0.25) is 9.55 Å². The zero-order valence-electron chi connectivity index (χ0n) is 53.3. The van der Waals surface area contributed by atoms with Crippen molar-refractivity contribution in [2.75, 3.05) is 0 Å². The molecule has 4 nitrogen and oxygen atoms in total. The molecule has 0 fully saturated rings. The summed E-state index contributed by atoms with van der Waals surface area (Å²) in [4.78, 5) is 9.93. The van der Waals surface area contributed by atoms with Crippen molar-refractivity contribution >= 4 is 11.0 Å². The van der Waals surface area contributed by atoms with E-state index in [4.69, 9.17) is 24.2 Å². The smallest absolute Gasteiger partial charge is 0.148 e.